The van der Waals surface area contributed by atoms with E-state index in [4.69, 9.17) is 21.1 Å². The Balaban J connectivity index is 2.13. The van der Waals surface area contributed by atoms with Gasteiger partial charge >= 0.3 is 12.1 Å². The zero-order chi connectivity index (χ0) is 22.5. The zero-order valence-corrected chi connectivity index (χ0v) is 18.3. The number of benzene rings is 1. The van der Waals surface area contributed by atoms with Gasteiger partial charge in [-0.15, -0.1) is 0 Å². The van der Waals surface area contributed by atoms with Crippen LogP contribution >= 0.6 is 11.6 Å². The summed E-state index contributed by atoms with van der Waals surface area (Å²) in [6.45, 7) is 4.69. The molecule has 0 saturated carbocycles. The van der Waals surface area contributed by atoms with Crippen molar-refractivity contribution in [3.63, 3.8) is 0 Å². The maximum absolute atomic E-state index is 13.0. The van der Waals surface area contributed by atoms with E-state index in [1.54, 1.807) is 20.8 Å². The highest BCUT2D eigenvalue weighted by Gasteiger charge is 2.34. The second kappa shape index (κ2) is 10.2. The predicted molar refractivity (Wildman–Crippen MR) is 106 cm³/mol. The lowest BCUT2D eigenvalue weighted by Gasteiger charge is -2.34. The Hall–Kier alpha value is -2.21. The van der Waals surface area contributed by atoms with Crippen LogP contribution in [0.2, 0.25) is 5.02 Å². The SMILES string of the molecule is CCOC(=O)NC(=O)COC(=O)c1ccc(Cl)c(S(=O)(=O)N2CC(C)OC(C)C2)c1. The number of hydrogen-bond donors (Lipinski definition) is 1. The van der Waals surface area contributed by atoms with Crippen LogP contribution in [0.15, 0.2) is 23.1 Å². The van der Waals surface area contributed by atoms with E-state index in [-0.39, 0.29) is 47.4 Å². The molecule has 1 aliphatic heterocycles. The minimum absolute atomic E-state index is 0.0570. The van der Waals surface area contributed by atoms with Crippen LogP contribution in [0.1, 0.15) is 31.1 Å². The molecule has 2 unspecified atom stereocenters. The van der Waals surface area contributed by atoms with E-state index in [1.807, 2.05) is 5.32 Å². The van der Waals surface area contributed by atoms with Crippen molar-refractivity contribution in [3.8, 4) is 0 Å². The van der Waals surface area contributed by atoms with E-state index >= 15 is 0 Å². The van der Waals surface area contributed by atoms with Gasteiger partial charge in [-0.1, -0.05) is 11.6 Å². The van der Waals surface area contributed by atoms with Crippen LogP contribution in [0.25, 0.3) is 0 Å². The number of carbonyl (C=O) groups is 3. The zero-order valence-electron chi connectivity index (χ0n) is 16.7. The van der Waals surface area contributed by atoms with Crippen molar-refractivity contribution in [3.05, 3.63) is 28.8 Å². The van der Waals surface area contributed by atoms with Gasteiger partial charge in [0, 0.05) is 13.1 Å². The molecule has 0 aliphatic carbocycles. The summed E-state index contributed by atoms with van der Waals surface area (Å²) in [6, 6.07) is 3.63. The predicted octanol–water partition coefficient (Wildman–Crippen LogP) is 1.57. The lowest BCUT2D eigenvalue weighted by molar-refractivity contribution is -0.123. The molecule has 2 rings (SSSR count). The fourth-order valence-electron chi connectivity index (χ4n) is 2.83. The maximum atomic E-state index is 13.0. The molecule has 166 valence electrons. The molecule has 1 heterocycles. The number of ether oxygens (including phenoxy) is 3. The lowest BCUT2D eigenvalue weighted by atomic mass is 10.2. The Bertz CT molecular complexity index is 911. The van der Waals surface area contributed by atoms with Crippen molar-refractivity contribution < 1.29 is 37.0 Å². The molecule has 2 amide bonds. The van der Waals surface area contributed by atoms with Gasteiger partial charge in [0.25, 0.3) is 5.91 Å². The molecule has 1 saturated heterocycles. The minimum atomic E-state index is -3.99. The monoisotopic (exact) mass is 462 g/mol. The van der Waals surface area contributed by atoms with Gasteiger partial charge in [0.2, 0.25) is 10.0 Å². The lowest BCUT2D eigenvalue weighted by Crippen LogP contribution is -2.48. The smallest absolute Gasteiger partial charge is 0.413 e. The fourth-order valence-corrected chi connectivity index (χ4v) is 4.92. The first-order chi connectivity index (χ1) is 14.0. The van der Waals surface area contributed by atoms with Gasteiger partial charge in [0.15, 0.2) is 6.61 Å². The number of amides is 2. The van der Waals surface area contributed by atoms with Crippen LogP contribution in [0, 0.1) is 0 Å². The van der Waals surface area contributed by atoms with Crippen molar-refractivity contribution in [2.24, 2.45) is 0 Å². The van der Waals surface area contributed by atoms with E-state index in [1.165, 1.54) is 16.4 Å². The average molecular weight is 463 g/mol. The molecule has 10 nitrogen and oxygen atoms in total. The maximum Gasteiger partial charge on any atom is 0.413 e. The van der Waals surface area contributed by atoms with Crippen LogP contribution in [0.3, 0.4) is 0 Å². The number of carbonyl (C=O) groups excluding carboxylic acids is 3. The van der Waals surface area contributed by atoms with Crippen LogP contribution < -0.4 is 5.32 Å². The minimum Gasteiger partial charge on any atom is -0.452 e. The Morgan fingerprint density at radius 1 is 1.20 bits per heavy atom. The van der Waals surface area contributed by atoms with Crippen LogP contribution in [0.4, 0.5) is 4.79 Å². The fraction of sp³-hybridized carbons (Fsp3) is 0.500. The third kappa shape index (κ3) is 6.14. The molecule has 0 aromatic heterocycles. The molecule has 30 heavy (non-hydrogen) atoms. The number of imide groups is 1. The van der Waals surface area contributed by atoms with Crippen LogP contribution in [-0.2, 0) is 29.0 Å². The van der Waals surface area contributed by atoms with Gasteiger partial charge in [0.05, 0.1) is 29.4 Å². The summed E-state index contributed by atoms with van der Waals surface area (Å²) in [7, 11) is -3.99. The first-order valence-electron chi connectivity index (χ1n) is 9.13. The summed E-state index contributed by atoms with van der Waals surface area (Å²) in [6.07, 6.45) is -1.56. The van der Waals surface area contributed by atoms with E-state index in [2.05, 4.69) is 4.74 Å². The molecule has 12 heteroatoms. The summed E-state index contributed by atoms with van der Waals surface area (Å²) in [5, 5.41) is 1.81. The topological polar surface area (TPSA) is 128 Å². The second-order valence-corrected chi connectivity index (χ2v) is 8.88. The molecule has 1 aromatic carbocycles. The van der Waals surface area contributed by atoms with Gasteiger partial charge in [-0.25, -0.2) is 18.0 Å². The number of halogens is 1. The van der Waals surface area contributed by atoms with Crippen molar-refractivity contribution in [2.45, 2.75) is 37.9 Å². The second-order valence-electron chi connectivity index (χ2n) is 6.57. The molecule has 0 spiro atoms. The number of nitrogens with one attached hydrogen (secondary N) is 1. The first kappa shape index (κ1) is 24.1. The third-order valence-corrected chi connectivity index (χ3v) is 6.34. The molecular formula is C18H23ClN2O8S. The summed E-state index contributed by atoms with van der Waals surface area (Å²) in [5.74, 6) is -1.84. The molecule has 1 N–H and O–H groups in total. The van der Waals surface area contributed by atoms with E-state index < -0.39 is 34.6 Å². The summed E-state index contributed by atoms with van der Waals surface area (Å²) in [5.41, 5.74) is -0.115. The Morgan fingerprint density at radius 3 is 2.43 bits per heavy atom. The molecule has 1 aromatic rings. The van der Waals surface area contributed by atoms with Crippen molar-refractivity contribution in [1.29, 1.82) is 0 Å². The first-order valence-corrected chi connectivity index (χ1v) is 10.9. The molecular weight excluding hydrogens is 440 g/mol. The Labute approximate surface area is 179 Å². The largest absolute Gasteiger partial charge is 0.452 e. The summed E-state index contributed by atoms with van der Waals surface area (Å²) >= 11 is 6.09. The molecule has 1 fully saturated rings. The number of morpholine rings is 1. The van der Waals surface area contributed by atoms with Crippen molar-refractivity contribution in [2.75, 3.05) is 26.3 Å². The van der Waals surface area contributed by atoms with Crippen molar-refractivity contribution in [1.82, 2.24) is 9.62 Å². The standard InChI is InChI=1S/C18H23ClN2O8S/c1-4-27-18(24)20-16(22)10-28-17(23)13-5-6-14(19)15(7-13)30(25,26)21-8-11(2)29-12(3)9-21/h5-7,11-12H,4,8-10H2,1-3H3,(H,20,22,24). The number of sulfonamides is 1. The van der Waals surface area contributed by atoms with Gasteiger partial charge in [-0.3, -0.25) is 10.1 Å². The van der Waals surface area contributed by atoms with E-state index in [0.29, 0.717) is 0 Å². The third-order valence-electron chi connectivity index (χ3n) is 4.02. The highest BCUT2D eigenvalue weighted by Crippen LogP contribution is 2.28. The Morgan fingerprint density at radius 2 is 1.83 bits per heavy atom. The normalized spacial score (nSPS) is 19.7. The number of nitrogens with zero attached hydrogens (tertiary/aromatic N) is 1. The Kier molecular flexibility index (Phi) is 8.18. The molecule has 0 radical (unpaired) electrons. The highest BCUT2D eigenvalue weighted by atomic mass is 35.5. The van der Waals surface area contributed by atoms with Gasteiger partial charge in [-0.2, -0.15) is 4.31 Å². The van der Waals surface area contributed by atoms with Gasteiger partial charge in [0.1, 0.15) is 4.90 Å². The summed E-state index contributed by atoms with van der Waals surface area (Å²) < 4.78 is 42.2. The van der Waals surface area contributed by atoms with Crippen LogP contribution in [-0.4, -0.2) is 69.2 Å². The number of hydrogen-bond acceptors (Lipinski definition) is 8. The van der Waals surface area contributed by atoms with Crippen molar-refractivity contribution >= 4 is 39.6 Å². The van der Waals surface area contributed by atoms with Crippen LogP contribution in [0.5, 0.6) is 0 Å². The van der Waals surface area contributed by atoms with Gasteiger partial charge in [-0.05, 0) is 39.0 Å². The van der Waals surface area contributed by atoms with E-state index in [0.717, 1.165) is 6.07 Å². The van der Waals surface area contributed by atoms with E-state index in [9.17, 15) is 22.8 Å². The quantitative estimate of drug-likeness (QED) is 0.631. The molecule has 2 atom stereocenters. The number of alkyl carbamates (subject to hydrolysis) is 1. The average Bonchev–Trinajstić information content (AvgIpc) is 2.65. The molecule has 0 bridgehead atoms. The number of esters is 1. The summed E-state index contributed by atoms with van der Waals surface area (Å²) in [4.78, 5) is 34.7. The number of rotatable bonds is 6. The molecule has 1 aliphatic rings. The van der Waals surface area contributed by atoms with Gasteiger partial charge < -0.3 is 14.2 Å². The highest BCUT2D eigenvalue weighted by molar-refractivity contribution is 7.89.